The van der Waals surface area contributed by atoms with Crippen LogP contribution in [-0.2, 0) is 5.75 Å². The molecule has 0 radical (unpaired) electrons. The Morgan fingerprint density at radius 3 is 3.20 bits per heavy atom. The van der Waals surface area contributed by atoms with Gasteiger partial charge in [-0.15, -0.1) is 21.5 Å². The largest absolute Gasteiger partial charge is 0.360 e. The van der Waals surface area contributed by atoms with Crippen molar-refractivity contribution in [1.29, 1.82) is 0 Å². The molecule has 0 spiro atoms. The van der Waals surface area contributed by atoms with E-state index in [2.05, 4.69) is 20.5 Å². The summed E-state index contributed by atoms with van der Waals surface area (Å²) in [5, 5.41) is 13.9. The van der Waals surface area contributed by atoms with Crippen LogP contribution in [0.3, 0.4) is 0 Å². The first-order chi connectivity index (χ1) is 9.76. The number of fused-ring (bicyclic) bond motifs is 1. The van der Waals surface area contributed by atoms with Crippen LogP contribution < -0.4 is 10.9 Å². The molecule has 3 aromatic rings. The van der Waals surface area contributed by atoms with Gasteiger partial charge in [0.15, 0.2) is 9.30 Å². The van der Waals surface area contributed by atoms with Gasteiger partial charge in [0.1, 0.15) is 0 Å². The molecular formula is C11H11N5OS3. The molecule has 0 fully saturated rings. The minimum absolute atomic E-state index is 0.0440. The lowest BCUT2D eigenvalue weighted by Gasteiger charge is -1.98. The maximum atomic E-state index is 11.8. The third kappa shape index (κ3) is 2.84. The van der Waals surface area contributed by atoms with E-state index in [1.807, 2.05) is 12.3 Å². The molecule has 9 heteroatoms. The highest BCUT2D eigenvalue weighted by Gasteiger charge is 2.07. The molecule has 0 aliphatic carbocycles. The average molecular weight is 325 g/mol. The quantitative estimate of drug-likeness (QED) is 0.726. The first kappa shape index (κ1) is 13.5. The Labute approximate surface area is 126 Å². The molecule has 0 saturated heterocycles. The van der Waals surface area contributed by atoms with E-state index in [0.717, 1.165) is 26.7 Å². The number of nitrogens with zero attached hydrogens (tertiary/aromatic N) is 4. The van der Waals surface area contributed by atoms with Crippen molar-refractivity contribution in [3.05, 3.63) is 33.7 Å². The molecule has 0 bridgehead atoms. The second-order valence-corrected chi connectivity index (χ2v) is 6.91. The van der Waals surface area contributed by atoms with Gasteiger partial charge in [-0.1, -0.05) is 23.1 Å². The van der Waals surface area contributed by atoms with Gasteiger partial charge in [0.2, 0.25) is 5.13 Å². The zero-order valence-electron chi connectivity index (χ0n) is 10.6. The molecule has 0 amide bonds. The fraction of sp³-hybridized carbons (Fsp3) is 0.273. The molecule has 6 nitrogen and oxygen atoms in total. The van der Waals surface area contributed by atoms with E-state index >= 15 is 0 Å². The van der Waals surface area contributed by atoms with Crippen LogP contribution in [0.5, 0.6) is 0 Å². The SMILES string of the molecule is CCNc1nnc(SCc2cc(=O)n3ccsc3n2)s1. The number of nitrogens with one attached hydrogen (secondary N) is 1. The lowest BCUT2D eigenvalue weighted by atomic mass is 10.4. The topological polar surface area (TPSA) is 72.2 Å². The predicted molar refractivity (Wildman–Crippen MR) is 83.0 cm³/mol. The van der Waals surface area contributed by atoms with E-state index in [4.69, 9.17) is 0 Å². The highest BCUT2D eigenvalue weighted by atomic mass is 32.2. The molecule has 104 valence electrons. The summed E-state index contributed by atoms with van der Waals surface area (Å²) in [5.41, 5.74) is 0.722. The van der Waals surface area contributed by atoms with Gasteiger partial charge in [0, 0.05) is 29.9 Å². The van der Waals surface area contributed by atoms with Crippen molar-refractivity contribution in [2.75, 3.05) is 11.9 Å². The Morgan fingerprint density at radius 1 is 1.45 bits per heavy atom. The number of anilines is 1. The van der Waals surface area contributed by atoms with Crippen LogP contribution in [0.15, 0.2) is 26.8 Å². The molecule has 3 heterocycles. The van der Waals surface area contributed by atoms with Gasteiger partial charge in [-0.05, 0) is 6.92 Å². The summed E-state index contributed by atoms with van der Waals surface area (Å²) >= 11 is 4.50. The smallest absolute Gasteiger partial charge is 0.258 e. The minimum Gasteiger partial charge on any atom is -0.360 e. The second-order valence-electron chi connectivity index (χ2n) is 3.83. The molecule has 0 aliphatic heterocycles. The van der Waals surface area contributed by atoms with Crippen molar-refractivity contribution < 1.29 is 0 Å². The summed E-state index contributed by atoms with van der Waals surface area (Å²) in [5.74, 6) is 0.615. The molecule has 3 aromatic heterocycles. The third-order valence-corrected chi connectivity index (χ3v) is 5.24. The zero-order chi connectivity index (χ0) is 13.9. The Hall–Kier alpha value is -1.45. The van der Waals surface area contributed by atoms with E-state index in [0.29, 0.717) is 5.75 Å². The van der Waals surface area contributed by atoms with Gasteiger partial charge < -0.3 is 5.32 Å². The van der Waals surface area contributed by atoms with E-state index in [1.165, 1.54) is 34.4 Å². The highest BCUT2D eigenvalue weighted by molar-refractivity contribution is 8.00. The number of hydrogen-bond donors (Lipinski definition) is 1. The van der Waals surface area contributed by atoms with Crippen LogP contribution in [0.4, 0.5) is 5.13 Å². The van der Waals surface area contributed by atoms with Crippen molar-refractivity contribution in [3.63, 3.8) is 0 Å². The Bertz CT molecular complexity index is 778. The van der Waals surface area contributed by atoms with Crippen LogP contribution in [0.1, 0.15) is 12.6 Å². The second kappa shape index (κ2) is 5.90. The van der Waals surface area contributed by atoms with Crippen molar-refractivity contribution >= 4 is 44.5 Å². The fourth-order valence-corrected chi connectivity index (χ4v) is 4.04. The normalized spacial score (nSPS) is 11.1. The minimum atomic E-state index is -0.0440. The summed E-state index contributed by atoms with van der Waals surface area (Å²) in [6.07, 6.45) is 1.74. The van der Waals surface area contributed by atoms with Gasteiger partial charge in [0.05, 0.1) is 5.69 Å². The first-order valence-electron chi connectivity index (χ1n) is 5.92. The lowest BCUT2D eigenvalue weighted by Crippen LogP contribution is -2.12. The molecule has 0 atom stereocenters. The van der Waals surface area contributed by atoms with Crippen molar-refractivity contribution in [2.45, 2.75) is 17.0 Å². The summed E-state index contributed by atoms with van der Waals surface area (Å²) in [6.45, 7) is 2.84. The molecular weight excluding hydrogens is 314 g/mol. The average Bonchev–Trinajstić information content (AvgIpc) is 3.06. The van der Waals surface area contributed by atoms with E-state index < -0.39 is 0 Å². The standard InChI is InChI=1S/C11H11N5OS3/c1-2-12-9-14-15-11(20-9)19-6-7-5-8(17)16-3-4-18-10(16)13-7/h3-5H,2,6H2,1H3,(H,12,14). The van der Waals surface area contributed by atoms with Crippen molar-refractivity contribution in [2.24, 2.45) is 0 Å². The molecule has 0 aliphatic rings. The number of thiazole rings is 1. The lowest BCUT2D eigenvalue weighted by molar-refractivity contribution is 0.998. The Balaban J connectivity index is 1.74. The molecule has 3 rings (SSSR count). The molecule has 0 aromatic carbocycles. The summed E-state index contributed by atoms with van der Waals surface area (Å²) in [6, 6.07) is 1.57. The maximum absolute atomic E-state index is 11.8. The van der Waals surface area contributed by atoms with Crippen molar-refractivity contribution in [1.82, 2.24) is 19.6 Å². The summed E-state index contributed by atoms with van der Waals surface area (Å²) < 4.78 is 2.42. The molecule has 1 N–H and O–H groups in total. The number of aromatic nitrogens is 4. The van der Waals surface area contributed by atoms with Gasteiger partial charge in [-0.25, -0.2) is 4.98 Å². The predicted octanol–water partition coefficient (Wildman–Crippen LogP) is 2.33. The van der Waals surface area contributed by atoms with E-state index in [1.54, 1.807) is 16.7 Å². The van der Waals surface area contributed by atoms with Gasteiger partial charge in [-0.2, -0.15) is 0 Å². The van der Waals surface area contributed by atoms with Gasteiger partial charge >= 0.3 is 0 Å². The number of rotatable bonds is 5. The Kier molecular flexibility index (Phi) is 3.99. The van der Waals surface area contributed by atoms with Crippen LogP contribution in [0, 0.1) is 0 Å². The highest BCUT2D eigenvalue weighted by Crippen LogP contribution is 2.27. The monoisotopic (exact) mass is 325 g/mol. The zero-order valence-corrected chi connectivity index (χ0v) is 13.0. The fourth-order valence-electron chi connectivity index (χ4n) is 1.59. The van der Waals surface area contributed by atoms with Crippen LogP contribution in [0.2, 0.25) is 0 Å². The molecule has 0 unspecified atom stereocenters. The Morgan fingerprint density at radius 2 is 2.35 bits per heavy atom. The number of thioether (sulfide) groups is 1. The molecule has 0 saturated carbocycles. The molecule has 20 heavy (non-hydrogen) atoms. The third-order valence-electron chi connectivity index (χ3n) is 2.43. The van der Waals surface area contributed by atoms with E-state index in [9.17, 15) is 4.79 Å². The number of hydrogen-bond acceptors (Lipinski definition) is 8. The summed E-state index contributed by atoms with van der Waals surface area (Å²) in [4.78, 5) is 17.0. The van der Waals surface area contributed by atoms with Crippen LogP contribution >= 0.6 is 34.4 Å². The van der Waals surface area contributed by atoms with Crippen LogP contribution in [-0.4, -0.2) is 26.1 Å². The van der Waals surface area contributed by atoms with Gasteiger partial charge in [-0.3, -0.25) is 9.20 Å². The summed E-state index contributed by atoms with van der Waals surface area (Å²) in [7, 11) is 0. The van der Waals surface area contributed by atoms with Gasteiger partial charge in [0.25, 0.3) is 5.56 Å². The maximum Gasteiger partial charge on any atom is 0.258 e. The first-order valence-corrected chi connectivity index (χ1v) is 8.60. The van der Waals surface area contributed by atoms with E-state index in [-0.39, 0.29) is 5.56 Å². The van der Waals surface area contributed by atoms with Crippen molar-refractivity contribution in [3.8, 4) is 0 Å². The van der Waals surface area contributed by atoms with Crippen LogP contribution in [0.25, 0.3) is 4.96 Å².